The number of thioether (sulfide) groups is 1. The lowest BCUT2D eigenvalue weighted by molar-refractivity contribution is 0.0655. The number of nitrogens with two attached hydrogens (primary N) is 1. The first-order chi connectivity index (χ1) is 10.7. The van der Waals surface area contributed by atoms with E-state index in [-0.39, 0.29) is 11.8 Å². The first kappa shape index (κ1) is 14.7. The first-order valence-electron chi connectivity index (χ1n) is 7.10. The van der Waals surface area contributed by atoms with Gasteiger partial charge in [0.2, 0.25) is 0 Å². The molecule has 1 aliphatic rings. The van der Waals surface area contributed by atoms with Crippen LogP contribution in [0.3, 0.4) is 0 Å². The van der Waals surface area contributed by atoms with Crippen molar-refractivity contribution in [2.75, 3.05) is 18.0 Å². The fourth-order valence-electron chi connectivity index (χ4n) is 2.42. The molecule has 0 fully saturated rings. The zero-order valence-corrected chi connectivity index (χ0v) is 12.8. The van der Waals surface area contributed by atoms with E-state index < -0.39 is 0 Å². The van der Waals surface area contributed by atoms with Crippen LogP contribution in [0.1, 0.15) is 27.1 Å². The van der Waals surface area contributed by atoms with E-state index in [1.807, 2.05) is 24.3 Å². The Hall–Kier alpha value is -2.27. The number of nitrogens with zero attached hydrogens (tertiary/aromatic N) is 1. The van der Waals surface area contributed by atoms with Crippen LogP contribution in [0, 0.1) is 0 Å². The van der Waals surface area contributed by atoms with Crippen molar-refractivity contribution in [1.82, 2.24) is 4.90 Å². The molecule has 2 aromatic rings. The number of amides is 2. The predicted molar refractivity (Wildman–Crippen MR) is 88.0 cm³/mol. The number of nitrogen functional groups attached to an aromatic ring is 1. The highest BCUT2D eigenvalue weighted by atomic mass is 32.2. The Morgan fingerprint density at radius 2 is 1.50 bits per heavy atom. The molecule has 0 bridgehead atoms. The summed E-state index contributed by atoms with van der Waals surface area (Å²) in [6.45, 7) is 0.453. The van der Waals surface area contributed by atoms with Gasteiger partial charge in [-0.15, -0.1) is 11.8 Å². The van der Waals surface area contributed by atoms with E-state index in [0.717, 1.165) is 22.8 Å². The molecule has 22 heavy (non-hydrogen) atoms. The maximum atomic E-state index is 12.2. The molecular weight excluding hydrogens is 296 g/mol. The summed E-state index contributed by atoms with van der Waals surface area (Å²) in [5, 5.41) is 0. The molecule has 1 heterocycles. The van der Waals surface area contributed by atoms with Gasteiger partial charge in [-0.3, -0.25) is 14.5 Å². The lowest BCUT2D eigenvalue weighted by atomic mass is 10.1. The molecule has 0 radical (unpaired) electrons. The lowest BCUT2D eigenvalue weighted by Crippen LogP contribution is -2.30. The number of fused-ring (bicyclic) bond motifs is 1. The molecule has 0 atom stereocenters. The van der Waals surface area contributed by atoms with Crippen molar-refractivity contribution in [3.63, 3.8) is 0 Å². The summed E-state index contributed by atoms with van der Waals surface area (Å²) in [7, 11) is 0. The number of hydrogen-bond donors (Lipinski definition) is 1. The molecule has 0 saturated carbocycles. The fourth-order valence-corrected chi connectivity index (χ4v) is 3.26. The van der Waals surface area contributed by atoms with Crippen LogP contribution in [-0.4, -0.2) is 29.0 Å². The molecule has 0 saturated heterocycles. The van der Waals surface area contributed by atoms with Gasteiger partial charge in [-0.2, -0.15) is 0 Å². The van der Waals surface area contributed by atoms with Crippen molar-refractivity contribution in [3.8, 4) is 0 Å². The fraction of sp³-hybridized carbons (Fsp3) is 0.176. The van der Waals surface area contributed by atoms with Crippen LogP contribution < -0.4 is 5.73 Å². The first-order valence-corrected chi connectivity index (χ1v) is 8.09. The minimum atomic E-state index is -0.182. The summed E-state index contributed by atoms with van der Waals surface area (Å²) < 4.78 is 0. The minimum absolute atomic E-state index is 0.182. The maximum Gasteiger partial charge on any atom is 0.261 e. The van der Waals surface area contributed by atoms with Gasteiger partial charge in [0, 0.05) is 17.1 Å². The molecule has 5 heteroatoms. The highest BCUT2D eigenvalue weighted by Gasteiger charge is 2.34. The summed E-state index contributed by atoms with van der Waals surface area (Å²) in [5.41, 5.74) is 7.42. The Morgan fingerprint density at radius 3 is 2.09 bits per heavy atom. The largest absolute Gasteiger partial charge is 0.399 e. The Labute approximate surface area is 133 Å². The van der Waals surface area contributed by atoms with Crippen molar-refractivity contribution >= 4 is 29.3 Å². The van der Waals surface area contributed by atoms with Crippen LogP contribution in [-0.2, 0) is 0 Å². The summed E-state index contributed by atoms with van der Waals surface area (Å²) in [5.74, 6) is 0.480. The number of rotatable bonds is 5. The van der Waals surface area contributed by atoms with E-state index in [0.29, 0.717) is 17.7 Å². The second-order valence-electron chi connectivity index (χ2n) is 5.08. The van der Waals surface area contributed by atoms with E-state index in [2.05, 4.69) is 0 Å². The number of carbonyl (C=O) groups excluding carboxylic acids is 2. The number of anilines is 1. The third-order valence-electron chi connectivity index (χ3n) is 3.55. The Bertz CT molecular complexity index is 678. The van der Waals surface area contributed by atoms with Gasteiger partial charge in [0.05, 0.1) is 11.1 Å². The van der Waals surface area contributed by atoms with Crippen LogP contribution in [0.4, 0.5) is 5.69 Å². The van der Waals surface area contributed by atoms with E-state index in [1.165, 1.54) is 4.90 Å². The lowest BCUT2D eigenvalue weighted by Gasteiger charge is -2.13. The van der Waals surface area contributed by atoms with Gasteiger partial charge in [-0.25, -0.2) is 0 Å². The molecule has 1 aliphatic heterocycles. The highest BCUT2D eigenvalue weighted by Crippen LogP contribution is 2.24. The molecule has 0 aromatic heterocycles. The van der Waals surface area contributed by atoms with Crippen molar-refractivity contribution in [3.05, 3.63) is 59.7 Å². The Morgan fingerprint density at radius 1 is 0.909 bits per heavy atom. The second kappa shape index (κ2) is 6.23. The van der Waals surface area contributed by atoms with Crippen LogP contribution in [0.15, 0.2) is 53.4 Å². The van der Waals surface area contributed by atoms with Crippen LogP contribution in [0.2, 0.25) is 0 Å². The van der Waals surface area contributed by atoms with Crippen molar-refractivity contribution in [1.29, 1.82) is 0 Å². The summed E-state index contributed by atoms with van der Waals surface area (Å²) in [6.07, 6.45) is 0.764. The van der Waals surface area contributed by atoms with E-state index in [9.17, 15) is 9.59 Å². The van der Waals surface area contributed by atoms with Crippen LogP contribution in [0.25, 0.3) is 0 Å². The van der Waals surface area contributed by atoms with Gasteiger partial charge in [0.25, 0.3) is 11.8 Å². The zero-order chi connectivity index (χ0) is 15.5. The smallest absolute Gasteiger partial charge is 0.261 e. The summed E-state index contributed by atoms with van der Waals surface area (Å²) in [4.78, 5) is 26.9. The number of imide groups is 1. The third-order valence-corrected chi connectivity index (χ3v) is 4.65. The summed E-state index contributed by atoms with van der Waals surface area (Å²) in [6, 6.07) is 14.7. The highest BCUT2D eigenvalue weighted by molar-refractivity contribution is 7.99. The standard InChI is InChI=1S/C17H16N2O2S/c18-12-6-8-13(9-7-12)22-11-3-10-19-16(20)14-4-1-2-5-15(14)17(19)21/h1-2,4-9H,3,10-11,18H2. The van der Waals surface area contributed by atoms with Gasteiger partial charge in [-0.05, 0) is 48.6 Å². The number of benzene rings is 2. The predicted octanol–water partition coefficient (Wildman–Crippen LogP) is 3.05. The van der Waals surface area contributed by atoms with E-state index >= 15 is 0 Å². The van der Waals surface area contributed by atoms with Crippen LogP contribution in [0.5, 0.6) is 0 Å². The van der Waals surface area contributed by atoms with Gasteiger partial charge in [-0.1, -0.05) is 12.1 Å². The Balaban J connectivity index is 1.54. The quantitative estimate of drug-likeness (QED) is 0.399. The van der Waals surface area contributed by atoms with Crippen molar-refractivity contribution < 1.29 is 9.59 Å². The van der Waals surface area contributed by atoms with Gasteiger partial charge in [0.15, 0.2) is 0 Å². The maximum absolute atomic E-state index is 12.2. The SMILES string of the molecule is Nc1ccc(SCCCN2C(=O)c3ccccc3C2=O)cc1. The molecule has 3 rings (SSSR count). The molecule has 2 aromatic carbocycles. The summed E-state index contributed by atoms with van der Waals surface area (Å²) >= 11 is 1.69. The van der Waals surface area contributed by atoms with E-state index in [1.54, 1.807) is 36.0 Å². The monoisotopic (exact) mass is 312 g/mol. The molecule has 4 nitrogen and oxygen atoms in total. The topological polar surface area (TPSA) is 63.4 Å². The molecular formula is C17H16N2O2S. The molecule has 0 unspecified atom stereocenters. The van der Waals surface area contributed by atoms with Gasteiger partial charge >= 0.3 is 0 Å². The molecule has 2 N–H and O–H groups in total. The van der Waals surface area contributed by atoms with E-state index in [4.69, 9.17) is 5.73 Å². The number of hydrogen-bond acceptors (Lipinski definition) is 4. The average Bonchev–Trinajstić information content (AvgIpc) is 2.78. The average molecular weight is 312 g/mol. The normalized spacial score (nSPS) is 13.5. The number of carbonyl (C=O) groups is 2. The molecule has 0 aliphatic carbocycles. The zero-order valence-electron chi connectivity index (χ0n) is 12.0. The Kier molecular flexibility index (Phi) is 4.15. The van der Waals surface area contributed by atoms with Crippen molar-refractivity contribution in [2.24, 2.45) is 0 Å². The van der Waals surface area contributed by atoms with Gasteiger partial charge < -0.3 is 5.73 Å². The van der Waals surface area contributed by atoms with Crippen LogP contribution >= 0.6 is 11.8 Å². The minimum Gasteiger partial charge on any atom is -0.399 e. The molecule has 112 valence electrons. The van der Waals surface area contributed by atoms with Crippen molar-refractivity contribution in [2.45, 2.75) is 11.3 Å². The second-order valence-corrected chi connectivity index (χ2v) is 6.25. The molecule has 0 spiro atoms. The van der Waals surface area contributed by atoms with Gasteiger partial charge in [0.1, 0.15) is 0 Å². The molecule has 2 amide bonds. The third kappa shape index (κ3) is 2.85.